The molecule has 0 heterocycles. The minimum absolute atomic E-state index is 0.192. The Morgan fingerprint density at radius 3 is 1.69 bits per heavy atom. The number of carbonyl (C=O) groups is 1. The van der Waals surface area contributed by atoms with Gasteiger partial charge in [0.25, 0.3) is 0 Å². The van der Waals surface area contributed by atoms with E-state index in [0.29, 0.717) is 0 Å². The van der Waals surface area contributed by atoms with Crippen molar-refractivity contribution in [3.05, 3.63) is 0 Å². The first-order chi connectivity index (χ1) is 7.27. The van der Waals surface area contributed by atoms with Crippen LogP contribution < -0.4 is 5.73 Å². The van der Waals surface area contributed by atoms with Gasteiger partial charge in [-0.3, -0.25) is 4.79 Å². The van der Waals surface area contributed by atoms with Crippen molar-refractivity contribution in [1.82, 2.24) is 0 Å². The second-order valence-electron chi connectivity index (χ2n) is 4.59. The van der Waals surface area contributed by atoms with Crippen molar-refractivity contribution in [1.29, 1.82) is 0 Å². The number of hydrogen-bond donors (Lipinski definition) is 2. The third-order valence-corrected chi connectivity index (χ3v) is 1.93. The fraction of sp³-hybridized carbons (Fsp3) is 0.923. The van der Waals surface area contributed by atoms with E-state index in [9.17, 15) is 4.79 Å². The summed E-state index contributed by atoms with van der Waals surface area (Å²) in [5.74, 6) is 0.426. The number of aliphatic hydroxyl groups excluding tert-OH is 1. The molecule has 0 rings (SSSR count). The van der Waals surface area contributed by atoms with Gasteiger partial charge in [0, 0.05) is 0 Å². The second-order valence-corrected chi connectivity index (χ2v) is 4.59. The fourth-order valence-electron chi connectivity index (χ4n) is 0.655. The molecule has 0 saturated carbocycles. The molecule has 0 spiro atoms. The standard InChI is InChI=1S/C6H14.C5H11NO2.C2H6/c1-4-5-6(2)3;1-5(2,3-7)4(6)8;1-2/h6H,4-5H2,1-3H3;7H,3H2,1-2H3,(H2,6,8);1-2H3. The summed E-state index contributed by atoms with van der Waals surface area (Å²) < 4.78 is 0. The van der Waals surface area contributed by atoms with Crippen molar-refractivity contribution >= 4 is 5.91 Å². The maximum absolute atomic E-state index is 10.3. The van der Waals surface area contributed by atoms with E-state index >= 15 is 0 Å². The molecule has 0 fully saturated rings. The zero-order valence-electron chi connectivity index (χ0n) is 12.1. The first-order valence-corrected chi connectivity index (χ1v) is 6.18. The molecule has 0 aromatic heterocycles. The monoisotopic (exact) mass is 233 g/mol. The minimum Gasteiger partial charge on any atom is -0.395 e. The molecule has 3 nitrogen and oxygen atoms in total. The van der Waals surface area contributed by atoms with Crippen molar-refractivity contribution in [3.8, 4) is 0 Å². The highest BCUT2D eigenvalue weighted by atomic mass is 16.3. The highest BCUT2D eigenvalue weighted by molar-refractivity contribution is 5.79. The van der Waals surface area contributed by atoms with Crippen LogP contribution >= 0.6 is 0 Å². The van der Waals surface area contributed by atoms with Gasteiger partial charge in [0.2, 0.25) is 5.91 Å². The van der Waals surface area contributed by atoms with E-state index in [1.165, 1.54) is 12.8 Å². The first-order valence-electron chi connectivity index (χ1n) is 6.18. The average Bonchev–Trinajstić information content (AvgIpc) is 2.21. The molecule has 0 aliphatic carbocycles. The Hall–Kier alpha value is -0.570. The van der Waals surface area contributed by atoms with E-state index in [-0.39, 0.29) is 6.61 Å². The fourth-order valence-corrected chi connectivity index (χ4v) is 0.655. The predicted octanol–water partition coefficient (Wildman–Crippen LogP) is 2.96. The maximum atomic E-state index is 10.3. The molecular weight excluding hydrogens is 202 g/mol. The molecule has 0 aliphatic rings. The number of amides is 1. The molecule has 0 radical (unpaired) electrons. The van der Waals surface area contributed by atoms with E-state index in [4.69, 9.17) is 10.8 Å². The zero-order chi connectivity index (χ0) is 13.8. The zero-order valence-corrected chi connectivity index (χ0v) is 12.1. The predicted molar refractivity (Wildman–Crippen MR) is 71.2 cm³/mol. The van der Waals surface area contributed by atoms with Crippen molar-refractivity contribution < 1.29 is 9.90 Å². The summed E-state index contributed by atoms with van der Waals surface area (Å²) in [6.45, 7) is 13.7. The van der Waals surface area contributed by atoms with Gasteiger partial charge in [-0.2, -0.15) is 0 Å². The smallest absolute Gasteiger partial charge is 0.225 e. The van der Waals surface area contributed by atoms with E-state index in [1.54, 1.807) is 13.8 Å². The van der Waals surface area contributed by atoms with Crippen LogP contribution in [0.25, 0.3) is 0 Å². The van der Waals surface area contributed by atoms with Crippen LogP contribution in [0.4, 0.5) is 0 Å². The lowest BCUT2D eigenvalue weighted by Gasteiger charge is -2.15. The normalized spacial score (nSPS) is 9.81. The van der Waals surface area contributed by atoms with E-state index < -0.39 is 11.3 Å². The molecule has 3 heteroatoms. The van der Waals surface area contributed by atoms with Crippen LogP contribution in [0.2, 0.25) is 0 Å². The SMILES string of the molecule is CC.CC(C)(CO)C(N)=O.CCCC(C)C. The lowest BCUT2D eigenvalue weighted by molar-refractivity contribution is -0.127. The Morgan fingerprint density at radius 1 is 1.31 bits per heavy atom. The number of primary amides is 1. The molecule has 0 unspecified atom stereocenters. The number of carbonyl (C=O) groups excluding carboxylic acids is 1. The Labute approximate surface area is 101 Å². The summed E-state index contributed by atoms with van der Waals surface area (Å²) in [4.78, 5) is 10.3. The van der Waals surface area contributed by atoms with Gasteiger partial charge in [0.15, 0.2) is 0 Å². The lowest BCUT2D eigenvalue weighted by atomic mass is 9.94. The van der Waals surface area contributed by atoms with Gasteiger partial charge in [-0.15, -0.1) is 0 Å². The first kappa shape index (κ1) is 20.8. The van der Waals surface area contributed by atoms with Gasteiger partial charge < -0.3 is 10.8 Å². The van der Waals surface area contributed by atoms with Gasteiger partial charge in [-0.1, -0.05) is 47.5 Å². The summed E-state index contributed by atoms with van der Waals surface area (Å²) in [6, 6.07) is 0. The van der Waals surface area contributed by atoms with Crippen molar-refractivity contribution in [3.63, 3.8) is 0 Å². The summed E-state index contributed by atoms with van der Waals surface area (Å²) in [5.41, 5.74) is 4.12. The molecule has 0 saturated heterocycles. The largest absolute Gasteiger partial charge is 0.395 e. The van der Waals surface area contributed by atoms with Gasteiger partial charge in [-0.05, 0) is 19.8 Å². The Morgan fingerprint density at radius 2 is 1.69 bits per heavy atom. The van der Waals surface area contributed by atoms with Crippen LogP contribution in [-0.2, 0) is 4.79 Å². The van der Waals surface area contributed by atoms with E-state index in [0.717, 1.165) is 5.92 Å². The third-order valence-electron chi connectivity index (χ3n) is 1.93. The van der Waals surface area contributed by atoms with E-state index in [2.05, 4.69) is 20.8 Å². The summed E-state index contributed by atoms with van der Waals surface area (Å²) in [5, 5.41) is 8.46. The second kappa shape index (κ2) is 12.5. The number of hydrogen-bond acceptors (Lipinski definition) is 2. The number of nitrogens with two attached hydrogens (primary N) is 1. The Balaban J connectivity index is -0.000000188. The molecule has 100 valence electrons. The average molecular weight is 233 g/mol. The van der Waals surface area contributed by atoms with Crippen LogP contribution in [0.5, 0.6) is 0 Å². The molecular formula is C13H31NO2. The van der Waals surface area contributed by atoms with Crippen LogP contribution in [0.15, 0.2) is 0 Å². The Kier molecular flexibility index (Phi) is 16.2. The van der Waals surface area contributed by atoms with E-state index in [1.807, 2.05) is 13.8 Å². The molecule has 16 heavy (non-hydrogen) atoms. The number of aliphatic hydroxyl groups is 1. The molecule has 0 aromatic rings. The van der Waals surface area contributed by atoms with Gasteiger partial charge in [-0.25, -0.2) is 0 Å². The van der Waals surface area contributed by atoms with Crippen LogP contribution in [0.3, 0.4) is 0 Å². The molecule has 1 amide bonds. The van der Waals surface area contributed by atoms with Crippen LogP contribution in [0, 0.1) is 11.3 Å². The summed E-state index contributed by atoms with van der Waals surface area (Å²) in [7, 11) is 0. The van der Waals surface area contributed by atoms with Crippen LogP contribution in [-0.4, -0.2) is 17.6 Å². The third kappa shape index (κ3) is 15.9. The van der Waals surface area contributed by atoms with Crippen molar-refractivity contribution in [2.75, 3.05) is 6.61 Å². The maximum Gasteiger partial charge on any atom is 0.225 e. The number of rotatable bonds is 4. The summed E-state index contributed by atoms with van der Waals surface area (Å²) >= 11 is 0. The molecule has 3 N–H and O–H groups in total. The van der Waals surface area contributed by atoms with Gasteiger partial charge in [0.05, 0.1) is 12.0 Å². The minimum atomic E-state index is -0.764. The molecule has 0 aromatic carbocycles. The quantitative estimate of drug-likeness (QED) is 0.784. The van der Waals surface area contributed by atoms with Gasteiger partial charge in [0.1, 0.15) is 0 Å². The topological polar surface area (TPSA) is 63.3 Å². The molecule has 0 aliphatic heterocycles. The lowest BCUT2D eigenvalue weighted by Crippen LogP contribution is -2.34. The molecule has 0 bridgehead atoms. The van der Waals surface area contributed by atoms with Crippen molar-refractivity contribution in [2.45, 2.75) is 61.3 Å². The Bertz CT molecular complexity index is 154. The van der Waals surface area contributed by atoms with Crippen molar-refractivity contribution in [2.24, 2.45) is 17.1 Å². The van der Waals surface area contributed by atoms with Gasteiger partial charge >= 0.3 is 0 Å². The summed E-state index contributed by atoms with van der Waals surface area (Å²) in [6.07, 6.45) is 2.71. The van der Waals surface area contributed by atoms with Crippen LogP contribution in [0.1, 0.15) is 61.3 Å². The highest BCUT2D eigenvalue weighted by Crippen LogP contribution is 2.10. The highest BCUT2D eigenvalue weighted by Gasteiger charge is 2.22. The molecule has 0 atom stereocenters.